The van der Waals surface area contributed by atoms with Crippen LogP contribution in [0.2, 0.25) is 0 Å². The topological polar surface area (TPSA) is 12.0 Å². The Hall–Kier alpha value is -0.980. The molecule has 0 aromatic carbocycles. The average Bonchev–Trinajstić information content (AvgIpc) is 2.07. The van der Waals surface area contributed by atoms with Crippen LogP contribution < -0.4 is 5.32 Å². The van der Waals surface area contributed by atoms with Gasteiger partial charge in [-0.2, -0.15) is 0 Å². The van der Waals surface area contributed by atoms with E-state index in [0.717, 1.165) is 17.7 Å². The Morgan fingerprint density at radius 2 is 2.21 bits per heavy atom. The summed E-state index contributed by atoms with van der Waals surface area (Å²) in [6, 6.07) is 0.588. The van der Waals surface area contributed by atoms with E-state index in [0.29, 0.717) is 12.0 Å². The lowest BCUT2D eigenvalue weighted by Gasteiger charge is -2.31. The van der Waals surface area contributed by atoms with Crippen LogP contribution in [0.5, 0.6) is 0 Å². The van der Waals surface area contributed by atoms with Crippen LogP contribution in [-0.4, -0.2) is 6.04 Å². The zero-order valence-electron chi connectivity index (χ0n) is 9.56. The Morgan fingerprint density at radius 3 is 2.64 bits per heavy atom. The molecule has 1 fully saturated rings. The molecule has 1 unspecified atom stereocenters. The maximum absolute atomic E-state index is 4.06. The molecule has 0 bridgehead atoms. The van der Waals surface area contributed by atoms with E-state index in [1.165, 1.54) is 12.0 Å². The summed E-state index contributed by atoms with van der Waals surface area (Å²) in [6.45, 7) is 14.5. The van der Waals surface area contributed by atoms with Crippen LogP contribution in [0, 0.1) is 5.92 Å². The summed E-state index contributed by atoms with van der Waals surface area (Å²) < 4.78 is 0. The molecular weight excluding hydrogens is 170 g/mol. The van der Waals surface area contributed by atoms with Crippen LogP contribution >= 0.6 is 0 Å². The van der Waals surface area contributed by atoms with Gasteiger partial charge in [-0.3, -0.25) is 0 Å². The van der Waals surface area contributed by atoms with Gasteiger partial charge in [0.1, 0.15) is 0 Å². The monoisotopic (exact) mass is 191 g/mol. The molecule has 1 rings (SSSR count). The van der Waals surface area contributed by atoms with Crippen molar-refractivity contribution in [2.75, 3.05) is 0 Å². The molecule has 1 heteroatoms. The van der Waals surface area contributed by atoms with E-state index in [4.69, 9.17) is 0 Å². The molecule has 1 heterocycles. The molecule has 1 atom stereocenters. The molecule has 0 amide bonds. The van der Waals surface area contributed by atoms with Gasteiger partial charge in [-0.05, 0) is 31.3 Å². The Balaban J connectivity index is 2.65. The molecule has 14 heavy (non-hydrogen) atoms. The van der Waals surface area contributed by atoms with Gasteiger partial charge in [0, 0.05) is 11.7 Å². The molecule has 0 aromatic heterocycles. The number of allylic oxidation sites excluding steroid dienone is 3. The second-order valence-electron chi connectivity index (χ2n) is 4.53. The van der Waals surface area contributed by atoms with E-state index >= 15 is 0 Å². The number of nitrogens with one attached hydrogen (secondary N) is 1. The lowest BCUT2D eigenvalue weighted by molar-refractivity contribution is 0.387. The lowest BCUT2D eigenvalue weighted by atomic mass is 9.90. The highest BCUT2D eigenvalue weighted by molar-refractivity contribution is 5.35. The van der Waals surface area contributed by atoms with Crippen LogP contribution in [0.4, 0.5) is 0 Å². The van der Waals surface area contributed by atoms with Crippen molar-refractivity contribution in [3.8, 4) is 0 Å². The molecule has 0 radical (unpaired) electrons. The Morgan fingerprint density at radius 1 is 1.57 bits per heavy atom. The fourth-order valence-electron chi connectivity index (χ4n) is 1.81. The third-order valence-corrected chi connectivity index (χ3v) is 2.70. The molecule has 1 aliphatic heterocycles. The van der Waals surface area contributed by atoms with Crippen molar-refractivity contribution in [2.45, 2.75) is 39.7 Å². The van der Waals surface area contributed by atoms with Gasteiger partial charge < -0.3 is 5.32 Å². The van der Waals surface area contributed by atoms with Crippen LogP contribution in [-0.2, 0) is 0 Å². The second-order valence-corrected chi connectivity index (χ2v) is 4.53. The molecule has 0 spiro atoms. The van der Waals surface area contributed by atoms with E-state index in [-0.39, 0.29) is 0 Å². The largest absolute Gasteiger partial charge is 0.382 e. The van der Waals surface area contributed by atoms with Gasteiger partial charge >= 0.3 is 0 Å². The molecule has 0 aromatic rings. The maximum atomic E-state index is 4.06. The molecule has 1 aliphatic rings. The zero-order chi connectivity index (χ0) is 10.7. The predicted molar refractivity (Wildman–Crippen MR) is 63.0 cm³/mol. The smallest absolute Gasteiger partial charge is 0.0302 e. The third-order valence-electron chi connectivity index (χ3n) is 2.70. The number of rotatable bonds is 2. The van der Waals surface area contributed by atoms with Crippen molar-refractivity contribution < 1.29 is 0 Å². The zero-order valence-corrected chi connectivity index (χ0v) is 9.56. The first-order valence-corrected chi connectivity index (χ1v) is 5.32. The maximum Gasteiger partial charge on any atom is 0.0302 e. The quantitative estimate of drug-likeness (QED) is 0.705. The summed E-state index contributed by atoms with van der Waals surface area (Å²) in [5.41, 5.74) is 3.50. The van der Waals surface area contributed by atoms with Gasteiger partial charge in [-0.25, -0.2) is 0 Å². The average molecular weight is 191 g/mol. The van der Waals surface area contributed by atoms with Gasteiger partial charge in [0.05, 0.1) is 0 Å². The highest BCUT2D eigenvalue weighted by atomic mass is 14.9. The first-order chi connectivity index (χ1) is 6.50. The molecule has 0 saturated carbocycles. The Kier molecular flexibility index (Phi) is 3.56. The van der Waals surface area contributed by atoms with E-state index < -0.39 is 0 Å². The summed E-state index contributed by atoms with van der Waals surface area (Å²) in [5, 5.41) is 3.47. The van der Waals surface area contributed by atoms with Crippen LogP contribution in [0.3, 0.4) is 0 Å². The second kappa shape index (κ2) is 4.50. The summed E-state index contributed by atoms with van der Waals surface area (Å²) >= 11 is 0. The summed E-state index contributed by atoms with van der Waals surface area (Å²) in [6.07, 6.45) is 4.46. The molecular formula is C13H21N. The van der Waals surface area contributed by atoms with Crippen molar-refractivity contribution in [1.29, 1.82) is 0 Å². The van der Waals surface area contributed by atoms with Crippen LogP contribution in [0.15, 0.2) is 36.1 Å². The fraction of sp³-hybridized carbons (Fsp3) is 0.538. The van der Waals surface area contributed by atoms with E-state index in [2.05, 4.69) is 38.4 Å². The first-order valence-electron chi connectivity index (χ1n) is 5.32. The van der Waals surface area contributed by atoms with Crippen LogP contribution in [0.25, 0.3) is 0 Å². The normalized spacial score (nSPS) is 25.3. The summed E-state index contributed by atoms with van der Waals surface area (Å²) in [7, 11) is 0. The minimum absolute atomic E-state index is 0.588. The molecule has 0 aliphatic carbocycles. The fourth-order valence-corrected chi connectivity index (χ4v) is 1.81. The number of piperidine rings is 1. The molecule has 1 saturated heterocycles. The molecule has 1 nitrogen and oxygen atoms in total. The minimum Gasteiger partial charge on any atom is -0.382 e. The highest BCUT2D eigenvalue weighted by Crippen LogP contribution is 2.25. The molecule has 78 valence electrons. The van der Waals surface area contributed by atoms with Gasteiger partial charge in [-0.1, -0.05) is 38.7 Å². The van der Waals surface area contributed by atoms with Crippen LogP contribution in [0.1, 0.15) is 33.6 Å². The number of hydrogen-bond acceptors (Lipinski definition) is 1. The highest BCUT2D eigenvalue weighted by Gasteiger charge is 2.20. The van der Waals surface area contributed by atoms with Crippen molar-refractivity contribution in [3.63, 3.8) is 0 Å². The van der Waals surface area contributed by atoms with Gasteiger partial charge in [0.15, 0.2) is 0 Å². The molecule has 1 N–H and O–H groups in total. The SMILES string of the molecule is C=C(C)/C=C1/CCC(C(C)C)NC1=C. The minimum atomic E-state index is 0.588. The van der Waals surface area contributed by atoms with Crippen molar-refractivity contribution in [3.05, 3.63) is 36.1 Å². The lowest BCUT2D eigenvalue weighted by Crippen LogP contribution is -2.37. The van der Waals surface area contributed by atoms with E-state index in [1.807, 2.05) is 6.92 Å². The Labute approximate surface area is 87.6 Å². The van der Waals surface area contributed by atoms with Gasteiger partial charge in [-0.15, -0.1) is 0 Å². The standard InChI is InChI=1S/C13H21N/c1-9(2)8-12-6-7-13(10(3)4)14-11(12)5/h8,10,13-14H,1,5-7H2,2-4H3/b12-8-. The van der Waals surface area contributed by atoms with E-state index in [1.54, 1.807) is 0 Å². The van der Waals surface area contributed by atoms with Crippen molar-refractivity contribution >= 4 is 0 Å². The first kappa shape index (κ1) is 11.1. The third kappa shape index (κ3) is 2.76. The Bertz CT molecular complexity index is 271. The summed E-state index contributed by atoms with van der Waals surface area (Å²) in [5.74, 6) is 0.679. The van der Waals surface area contributed by atoms with Gasteiger partial charge in [0.25, 0.3) is 0 Å². The van der Waals surface area contributed by atoms with E-state index in [9.17, 15) is 0 Å². The van der Waals surface area contributed by atoms with Crippen molar-refractivity contribution in [2.24, 2.45) is 5.92 Å². The summed E-state index contributed by atoms with van der Waals surface area (Å²) in [4.78, 5) is 0. The predicted octanol–water partition coefficient (Wildman–Crippen LogP) is 3.41. The van der Waals surface area contributed by atoms with Crippen molar-refractivity contribution in [1.82, 2.24) is 5.32 Å². The van der Waals surface area contributed by atoms with Gasteiger partial charge in [0.2, 0.25) is 0 Å². The number of hydrogen-bond donors (Lipinski definition) is 1.